The van der Waals surface area contributed by atoms with E-state index in [0.717, 1.165) is 12.8 Å². The largest absolute Gasteiger partial charge is 0.497 e. The highest BCUT2D eigenvalue weighted by molar-refractivity contribution is 7.92. The Morgan fingerprint density at radius 3 is 2.41 bits per heavy atom. The van der Waals surface area contributed by atoms with Crippen molar-refractivity contribution in [1.29, 1.82) is 0 Å². The molecule has 0 unspecified atom stereocenters. The lowest BCUT2D eigenvalue weighted by atomic mass is 10.1. The van der Waals surface area contributed by atoms with E-state index in [1.165, 1.54) is 6.07 Å². The van der Waals surface area contributed by atoms with Crippen LogP contribution in [-0.2, 0) is 10.0 Å². The van der Waals surface area contributed by atoms with E-state index in [-0.39, 0.29) is 10.8 Å². The van der Waals surface area contributed by atoms with Crippen molar-refractivity contribution in [1.82, 2.24) is 4.90 Å². The lowest BCUT2D eigenvalue weighted by Crippen LogP contribution is -2.28. The molecule has 0 aliphatic rings. The zero-order valence-electron chi connectivity index (χ0n) is 16.2. The van der Waals surface area contributed by atoms with E-state index in [1.54, 1.807) is 62.4 Å². The third-order valence-corrected chi connectivity index (χ3v) is 5.78. The highest BCUT2D eigenvalue weighted by Gasteiger charge is 2.20. The first-order valence-electron chi connectivity index (χ1n) is 8.81. The minimum atomic E-state index is -3.82. The van der Waals surface area contributed by atoms with Gasteiger partial charge >= 0.3 is 0 Å². The SMILES string of the molecule is CCCCN(C)C(=O)c1ccc(C)c(S(=O)(=O)Nc2ccc(OC)cc2)c1. The van der Waals surface area contributed by atoms with Crippen molar-refractivity contribution in [3.8, 4) is 5.75 Å². The van der Waals surface area contributed by atoms with Gasteiger partial charge in [0.15, 0.2) is 0 Å². The number of hydrogen-bond donors (Lipinski definition) is 1. The maximum Gasteiger partial charge on any atom is 0.262 e. The number of sulfonamides is 1. The van der Waals surface area contributed by atoms with Crippen LogP contribution in [0, 0.1) is 6.92 Å². The molecule has 0 aliphatic carbocycles. The summed E-state index contributed by atoms with van der Waals surface area (Å²) in [6.07, 6.45) is 1.88. The lowest BCUT2D eigenvalue weighted by molar-refractivity contribution is 0.0793. The van der Waals surface area contributed by atoms with E-state index in [9.17, 15) is 13.2 Å². The number of hydrogen-bond acceptors (Lipinski definition) is 4. The van der Waals surface area contributed by atoms with Crippen LogP contribution < -0.4 is 9.46 Å². The molecule has 1 N–H and O–H groups in total. The summed E-state index contributed by atoms with van der Waals surface area (Å²) < 4.78 is 33.3. The number of anilines is 1. The Labute approximate surface area is 161 Å². The second kappa shape index (κ2) is 8.90. The lowest BCUT2D eigenvalue weighted by Gasteiger charge is -2.18. The van der Waals surface area contributed by atoms with E-state index in [1.807, 2.05) is 0 Å². The molecule has 7 heteroatoms. The van der Waals surface area contributed by atoms with Crippen LogP contribution in [0.5, 0.6) is 5.75 Å². The first-order chi connectivity index (χ1) is 12.8. The molecule has 0 saturated heterocycles. The van der Waals surface area contributed by atoms with Crippen molar-refractivity contribution in [2.24, 2.45) is 0 Å². The molecule has 0 radical (unpaired) electrons. The summed E-state index contributed by atoms with van der Waals surface area (Å²) in [7, 11) is -0.556. The highest BCUT2D eigenvalue weighted by Crippen LogP contribution is 2.23. The van der Waals surface area contributed by atoms with E-state index in [2.05, 4.69) is 11.6 Å². The van der Waals surface area contributed by atoms with E-state index < -0.39 is 10.0 Å². The molecule has 0 aromatic heterocycles. The number of aryl methyl sites for hydroxylation is 1. The first kappa shape index (κ1) is 20.8. The molecule has 146 valence electrons. The van der Waals surface area contributed by atoms with Gasteiger partial charge in [-0.25, -0.2) is 8.42 Å². The van der Waals surface area contributed by atoms with Gasteiger partial charge in [-0.05, 0) is 55.3 Å². The molecular formula is C20H26N2O4S. The summed E-state index contributed by atoms with van der Waals surface area (Å²) in [5.74, 6) is 0.446. The summed E-state index contributed by atoms with van der Waals surface area (Å²) in [5, 5.41) is 0. The molecule has 1 amide bonds. The Morgan fingerprint density at radius 2 is 1.81 bits per heavy atom. The maximum absolute atomic E-state index is 12.8. The minimum Gasteiger partial charge on any atom is -0.497 e. The second-order valence-corrected chi connectivity index (χ2v) is 8.05. The number of carbonyl (C=O) groups is 1. The van der Waals surface area contributed by atoms with Crippen molar-refractivity contribution >= 4 is 21.6 Å². The number of ether oxygens (including phenoxy) is 1. The molecular weight excluding hydrogens is 364 g/mol. The fourth-order valence-electron chi connectivity index (χ4n) is 2.61. The van der Waals surface area contributed by atoms with Gasteiger partial charge in [0, 0.05) is 24.8 Å². The molecule has 0 fully saturated rings. The van der Waals surface area contributed by atoms with Gasteiger partial charge in [-0.2, -0.15) is 0 Å². The Hall–Kier alpha value is -2.54. The first-order valence-corrected chi connectivity index (χ1v) is 10.3. The molecule has 0 spiro atoms. The number of rotatable bonds is 8. The van der Waals surface area contributed by atoms with Gasteiger partial charge < -0.3 is 9.64 Å². The fraction of sp³-hybridized carbons (Fsp3) is 0.350. The Bertz CT molecular complexity index is 893. The molecule has 0 saturated carbocycles. The number of amides is 1. The minimum absolute atomic E-state index is 0.0908. The third-order valence-electron chi connectivity index (χ3n) is 4.26. The molecule has 6 nitrogen and oxygen atoms in total. The standard InChI is InChI=1S/C20H26N2O4S/c1-5-6-13-22(3)20(23)16-8-7-15(2)19(14-16)27(24,25)21-17-9-11-18(26-4)12-10-17/h7-12,14,21H,5-6,13H2,1-4H3. The molecule has 27 heavy (non-hydrogen) atoms. The summed E-state index contributed by atoms with van der Waals surface area (Å²) in [5.41, 5.74) is 1.35. The zero-order valence-corrected chi connectivity index (χ0v) is 17.0. The monoisotopic (exact) mass is 390 g/mol. The summed E-state index contributed by atoms with van der Waals surface area (Å²) in [6, 6.07) is 11.3. The van der Waals surface area contributed by atoms with Gasteiger partial charge in [-0.1, -0.05) is 19.4 Å². The van der Waals surface area contributed by atoms with Crippen molar-refractivity contribution < 1.29 is 17.9 Å². The van der Waals surface area contributed by atoms with Crippen LogP contribution in [0.4, 0.5) is 5.69 Å². The van der Waals surface area contributed by atoms with E-state index in [0.29, 0.717) is 29.1 Å². The van der Waals surface area contributed by atoms with Crippen LogP contribution >= 0.6 is 0 Å². The van der Waals surface area contributed by atoms with Crippen molar-refractivity contribution in [2.75, 3.05) is 25.4 Å². The van der Waals surface area contributed by atoms with Gasteiger partial charge in [0.25, 0.3) is 15.9 Å². The Morgan fingerprint density at radius 1 is 1.15 bits per heavy atom. The van der Waals surface area contributed by atoms with Gasteiger partial charge in [0.05, 0.1) is 12.0 Å². The highest BCUT2D eigenvalue weighted by atomic mass is 32.2. The number of nitrogens with zero attached hydrogens (tertiary/aromatic N) is 1. The van der Waals surface area contributed by atoms with Gasteiger partial charge in [0.1, 0.15) is 5.75 Å². The van der Waals surface area contributed by atoms with Gasteiger partial charge in [0.2, 0.25) is 0 Å². The third kappa shape index (κ3) is 5.23. The van der Waals surface area contributed by atoms with Crippen LogP contribution in [0.1, 0.15) is 35.7 Å². The summed E-state index contributed by atoms with van der Waals surface area (Å²) in [6.45, 7) is 4.40. The van der Waals surface area contributed by atoms with E-state index >= 15 is 0 Å². The maximum atomic E-state index is 12.8. The van der Waals surface area contributed by atoms with Crippen LogP contribution in [-0.4, -0.2) is 39.9 Å². The average molecular weight is 391 g/mol. The normalized spacial score (nSPS) is 11.1. The van der Waals surface area contributed by atoms with Crippen molar-refractivity contribution in [3.63, 3.8) is 0 Å². The van der Waals surface area contributed by atoms with Gasteiger partial charge in [-0.3, -0.25) is 9.52 Å². The number of benzene rings is 2. The van der Waals surface area contributed by atoms with Crippen molar-refractivity contribution in [3.05, 3.63) is 53.6 Å². The number of nitrogens with one attached hydrogen (secondary N) is 1. The molecule has 2 rings (SSSR count). The van der Waals surface area contributed by atoms with Crippen LogP contribution in [0.15, 0.2) is 47.4 Å². The van der Waals surface area contributed by atoms with Crippen molar-refractivity contribution in [2.45, 2.75) is 31.6 Å². The number of unbranched alkanes of at least 4 members (excludes halogenated alkanes) is 1. The van der Waals surface area contributed by atoms with Crippen LogP contribution in [0.3, 0.4) is 0 Å². The predicted octanol–water partition coefficient (Wildman–Crippen LogP) is 3.68. The number of methoxy groups -OCH3 is 1. The van der Waals surface area contributed by atoms with Crippen LogP contribution in [0.25, 0.3) is 0 Å². The molecule has 0 bridgehead atoms. The summed E-state index contributed by atoms with van der Waals surface area (Å²) in [4.78, 5) is 14.3. The summed E-state index contributed by atoms with van der Waals surface area (Å²) >= 11 is 0. The van der Waals surface area contributed by atoms with Crippen LogP contribution in [0.2, 0.25) is 0 Å². The van der Waals surface area contributed by atoms with Gasteiger partial charge in [-0.15, -0.1) is 0 Å². The number of carbonyl (C=O) groups excluding carboxylic acids is 1. The van der Waals surface area contributed by atoms with E-state index in [4.69, 9.17) is 4.74 Å². The zero-order chi connectivity index (χ0) is 20.0. The smallest absolute Gasteiger partial charge is 0.262 e. The Kier molecular flexibility index (Phi) is 6.85. The fourth-order valence-corrected chi connectivity index (χ4v) is 3.94. The molecule has 2 aromatic carbocycles. The second-order valence-electron chi connectivity index (χ2n) is 6.39. The Balaban J connectivity index is 2.28. The molecule has 0 heterocycles. The topological polar surface area (TPSA) is 75.7 Å². The average Bonchev–Trinajstić information content (AvgIpc) is 2.66. The molecule has 0 aliphatic heterocycles. The predicted molar refractivity (Wildman–Crippen MR) is 107 cm³/mol. The quantitative estimate of drug-likeness (QED) is 0.746. The molecule has 2 aromatic rings. The molecule has 0 atom stereocenters.